The Morgan fingerprint density at radius 1 is 1.00 bits per heavy atom. The lowest BCUT2D eigenvalue weighted by molar-refractivity contribution is -0.131. The van der Waals surface area contributed by atoms with E-state index in [1.807, 2.05) is 0 Å². The molecule has 0 aromatic rings. The van der Waals surface area contributed by atoms with Gasteiger partial charge in [-0.2, -0.15) is 0 Å². The maximum absolute atomic E-state index is 12.4. The Morgan fingerprint density at radius 2 is 1.53 bits per heavy atom. The molecule has 0 aliphatic heterocycles. The first-order valence-corrected chi connectivity index (χ1v) is 7.81. The van der Waals surface area contributed by atoms with Crippen LogP contribution < -0.4 is 11.1 Å². The third-order valence-corrected chi connectivity index (χ3v) is 5.05. The van der Waals surface area contributed by atoms with Gasteiger partial charge in [0.2, 0.25) is 5.91 Å². The van der Waals surface area contributed by atoms with Crippen LogP contribution in [0.5, 0.6) is 0 Å². The predicted molar refractivity (Wildman–Crippen MR) is 75.6 cm³/mol. The molecule has 0 aromatic carbocycles. The summed E-state index contributed by atoms with van der Waals surface area (Å²) in [6.45, 7) is 0.824. The Labute approximate surface area is 116 Å². The molecule has 4 heteroatoms. The summed E-state index contributed by atoms with van der Waals surface area (Å²) in [5, 5.41) is 13.5. The maximum atomic E-state index is 12.4. The zero-order valence-corrected chi connectivity index (χ0v) is 11.9. The molecule has 19 heavy (non-hydrogen) atoms. The molecule has 110 valence electrons. The highest BCUT2D eigenvalue weighted by Gasteiger charge is 2.40. The molecule has 0 bridgehead atoms. The molecule has 0 saturated heterocycles. The summed E-state index contributed by atoms with van der Waals surface area (Å²) in [4.78, 5) is 12.4. The van der Waals surface area contributed by atoms with Crippen molar-refractivity contribution in [2.24, 2.45) is 11.1 Å². The van der Waals surface area contributed by atoms with E-state index in [4.69, 9.17) is 5.73 Å². The fourth-order valence-corrected chi connectivity index (χ4v) is 3.57. The maximum Gasteiger partial charge on any atom is 0.227 e. The van der Waals surface area contributed by atoms with Crippen molar-refractivity contribution in [2.75, 3.05) is 13.1 Å². The van der Waals surface area contributed by atoms with Crippen molar-refractivity contribution in [1.82, 2.24) is 5.32 Å². The summed E-state index contributed by atoms with van der Waals surface area (Å²) in [6.07, 6.45) is 10.1. The van der Waals surface area contributed by atoms with Crippen molar-refractivity contribution in [3.63, 3.8) is 0 Å². The standard InChI is InChI=1S/C15H28N2O2/c16-11-14(7-5-6-8-14)13(18)17-12-15(19)9-3-1-2-4-10-15/h19H,1-12,16H2,(H,17,18). The van der Waals surface area contributed by atoms with Crippen LogP contribution in [0.25, 0.3) is 0 Å². The molecule has 0 unspecified atom stereocenters. The summed E-state index contributed by atoms with van der Waals surface area (Å²) in [5.41, 5.74) is 4.76. The lowest BCUT2D eigenvalue weighted by atomic mass is 9.84. The van der Waals surface area contributed by atoms with Crippen LogP contribution in [0.2, 0.25) is 0 Å². The van der Waals surface area contributed by atoms with Crippen LogP contribution in [0.3, 0.4) is 0 Å². The first-order valence-electron chi connectivity index (χ1n) is 7.81. The van der Waals surface area contributed by atoms with Crippen molar-refractivity contribution >= 4 is 5.91 Å². The molecule has 0 spiro atoms. The van der Waals surface area contributed by atoms with Crippen LogP contribution in [0.1, 0.15) is 64.2 Å². The van der Waals surface area contributed by atoms with E-state index in [9.17, 15) is 9.90 Å². The monoisotopic (exact) mass is 268 g/mol. The van der Waals surface area contributed by atoms with Crippen molar-refractivity contribution in [2.45, 2.75) is 69.8 Å². The second-order valence-electron chi connectivity index (χ2n) is 6.51. The van der Waals surface area contributed by atoms with Crippen molar-refractivity contribution < 1.29 is 9.90 Å². The Balaban J connectivity index is 1.88. The van der Waals surface area contributed by atoms with E-state index in [0.29, 0.717) is 13.1 Å². The Bertz CT molecular complexity index is 303. The van der Waals surface area contributed by atoms with Crippen molar-refractivity contribution in [3.05, 3.63) is 0 Å². The van der Waals surface area contributed by atoms with E-state index in [1.165, 1.54) is 12.8 Å². The fourth-order valence-electron chi connectivity index (χ4n) is 3.57. The molecular weight excluding hydrogens is 240 g/mol. The van der Waals surface area contributed by atoms with Crippen LogP contribution in [0.4, 0.5) is 0 Å². The minimum absolute atomic E-state index is 0.0603. The lowest BCUT2D eigenvalue weighted by Crippen LogP contribution is -2.49. The zero-order valence-electron chi connectivity index (χ0n) is 11.9. The molecule has 2 aliphatic rings. The van der Waals surface area contributed by atoms with Gasteiger partial charge in [0.1, 0.15) is 0 Å². The summed E-state index contributed by atoms with van der Waals surface area (Å²) < 4.78 is 0. The summed E-state index contributed by atoms with van der Waals surface area (Å²) in [7, 11) is 0. The van der Waals surface area contributed by atoms with Gasteiger partial charge >= 0.3 is 0 Å². The first kappa shape index (κ1) is 14.8. The van der Waals surface area contributed by atoms with Gasteiger partial charge in [0.25, 0.3) is 0 Å². The van der Waals surface area contributed by atoms with Gasteiger partial charge in [-0.1, -0.05) is 38.5 Å². The Hall–Kier alpha value is -0.610. The van der Waals surface area contributed by atoms with Crippen molar-refractivity contribution in [1.29, 1.82) is 0 Å². The molecule has 2 fully saturated rings. The fraction of sp³-hybridized carbons (Fsp3) is 0.933. The van der Waals surface area contributed by atoms with E-state index in [2.05, 4.69) is 5.32 Å². The second-order valence-corrected chi connectivity index (χ2v) is 6.51. The van der Waals surface area contributed by atoms with Gasteiger partial charge in [-0.25, -0.2) is 0 Å². The number of amides is 1. The number of hydrogen-bond donors (Lipinski definition) is 3. The van der Waals surface area contributed by atoms with Crippen LogP contribution in [-0.2, 0) is 4.79 Å². The molecule has 0 heterocycles. The summed E-state index contributed by atoms with van der Waals surface area (Å²) in [6, 6.07) is 0. The molecule has 2 rings (SSSR count). The minimum atomic E-state index is -0.694. The number of hydrogen-bond acceptors (Lipinski definition) is 3. The van der Waals surface area contributed by atoms with Gasteiger partial charge in [0, 0.05) is 13.1 Å². The second kappa shape index (κ2) is 6.23. The minimum Gasteiger partial charge on any atom is -0.388 e. The average Bonchev–Trinajstić information content (AvgIpc) is 2.81. The van der Waals surface area contributed by atoms with E-state index >= 15 is 0 Å². The van der Waals surface area contributed by atoms with Gasteiger partial charge in [-0.3, -0.25) is 4.79 Å². The van der Waals surface area contributed by atoms with Gasteiger partial charge in [-0.15, -0.1) is 0 Å². The zero-order chi connectivity index (χ0) is 13.8. The van der Waals surface area contributed by atoms with E-state index in [0.717, 1.165) is 51.4 Å². The molecule has 1 amide bonds. The average molecular weight is 268 g/mol. The number of nitrogens with one attached hydrogen (secondary N) is 1. The third-order valence-electron chi connectivity index (χ3n) is 5.05. The molecule has 0 aromatic heterocycles. The third kappa shape index (κ3) is 3.48. The molecule has 4 N–H and O–H groups in total. The molecule has 0 radical (unpaired) electrons. The number of aliphatic hydroxyl groups is 1. The molecule has 4 nitrogen and oxygen atoms in total. The Morgan fingerprint density at radius 3 is 2.05 bits per heavy atom. The smallest absolute Gasteiger partial charge is 0.227 e. The van der Waals surface area contributed by atoms with Crippen LogP contribution in [0.15, 0.2) is 0 Å². The van der Waals surface area contributed by atoms with E-state index < -0.39 is 5.60 Å². The molecule has 2 aliphatic carbocycles. The summed E-state index contributed by atoms with van der Waals surface area (Å²) in [5.74, 6) is 0.0603. The van der Waals surface area contributed by atoms with Gasteiger partial charge < -0.3 is 16.2 Å². The van der Waals surface area contributed by atoms with Gasteiger partial charge in [0.15, 0.2) is 0 Å². The largest absolute Gasteiger partial charge is 0.388 e. The van der Waals surface area contributed by atoms with Gasteiger partial charge in [-0.05, 0) is 25.7 Å². The number of rotatable bonds is 4. The highest BCUT2D eigenvalue weighted by atomic mass is 16.3. The lowest BCUT2D eigenvalue weighted by Gasteiger charge is -2.31. The van der Waals surface area contributed by atoms with Crippen LogP contribution in [-0.4, -0.2) is 29.7 Å². The topological polar surface area (TPSA) is 75.4 Å². The first-order chi connectivity index (χ1) is 9.10. The number of carbonyl (C=O) groups excluding carboxylic acids is 1. The van der Waals surface area contributed by atoms with Crippen LogP contribution >= 0.6 is 0 Å². The van der Waals surface area contributed by atoms with E-state index in [-0.39, 0.29) is 11.3 Å². The quantitative estimate of drug-likeness (QED) is 0.679. The van der Waals surface area contributed by atoms with E-state index in [1.54, 1.807) is 0 Å². The predicted octanol–water partition coefficient (Wildman–Crippen LogP) is 1.71. The highest BCUT2D eigenvalue weighted by Crippen LogP contribution is 2.37. The van der Waals surface area contributed by atoms with Crippen molar-refractivity contribution in [3.8, 4) is 0 Å². The number of carbonyl (C=O) groups is 1. The molecular formula is C15H28N2O2. The van der Waals surface area contributed by atoms with Crippen LogP contribution in [0, 0.1) is 5.41 Å². The number of nitrogens with two attached hydrogens (primary N) is 1. The highest BCUT2D eigenvalue weighted by molar-refractivity contribution is 5.83. The molecule has 0 atom stereocenters. The Kier molecular flexibility index (Phi) is 4.85. The van der Waals surface area contributed by atoms with Gasteiger partial charge in [0.05, 0.1) is 11.0 Å². The summed E-state index contributed by atoms with van der Waals surface area (Å²) >= 11 is 0. The SMILES string of the molecule is NCC1(C(=O)NCC2(O)CCCCCC2)CCCC1. The molecule has 2 saturated carbocycles. The normalized spacial score (nSPS) is 25.8.